The van der Waals surface area contributed by atoms with E-state index in [-0.39, 0.29) is 5.91 Å². The summed E-state index contributed by atoms with van der Waals surface area (Å²) in [5, 5.41) is 5.26. The summed E-state index contributed by atoms with van der Waals surface area (Å²) in [6, 6.07) is 13.2. The summed E-state index contributed by atoms with van der Waals surface area (Å²) in [6.07, 6.45) is 6.24. The highest BCUT2D eigenvalue weighted by molar-refractivity contribution is 6.32. The Balaban J connectivity index is 1.66. The van der Waals surface area contributed by atoms with Gasteiger partial charge in [0, 0.05) is 59.0 Å². The largest absolute Gasteiger partial charge is 0.351 e. The first-order chi connectivity index (χ1) is 14.0. The molecule has 0 fully saturated rings. The minimum absolute atomic E-state index is 0.115. The fourth-order valence-electron chi connectivity index (χ4n) is 3.56. The second-order valence-corrected chi connectivity index (χ2v) is 7.73. The zero-order chi connectivity index (χ0) is 20.4. The summed E-state index contributed by atoms with van der Waals surface area (Å²) in [7, 11) is 1.90. The number of aryl methyl sites for hydroxylation is 2. The van der Waals surface area contributed by atoms with Crippen molar-refractivity contribution >= 4 is 40.0 Å². The Kier molecular flexibility index (Phi) is 5.60. The lowest BCUT2D eigenvalue weighted by Crippen LogP contribution is -2.27. The Morgan fingerprint density at radius 2 is 1.86 bits per heavy atom. The third-order valence-corrected chi connectivity index (χ3v) is 5.43. The first-order valence-corrected chi connectivity index (χ1v) is 10.1. The van der Waals surface area contributed by atoms with Gasteiger partial charge in [0.15, 0.2) is 0 Å². The van der Waals surface area contributed by atoms with E-state index >= 15 is 0 Å². The van der Waals surface area contributed by atoms with Crippen LogP contribution in [0.4, 0.5) is 0 Å². The quantitative estimate of drug-likeness (QED) is 0.432. The second kappa shape index (κ2) is 8.31. The molecule has 4 aromatic rings. The van der Waals surface area contributed by atoms with Crippen molar-refractivity contribution in [1.82, 2.24) is 19.4 Å². The molecule has 2 aromatic carbocycles. The number of amides is 1. The third kappa shape index (κ3) is 4.02. The van der Waals surface area contributed by atoms with Gasteiger partial charge >= 0.3 is 0 Å². The molecule has 0 unspecified atom stereocenters. The van der Waals surface area contributed by atoms with Crippen LogP contribution in [0.25, 0.3) is 22.0 Å². The van der Waals surface area contributed by atoms with Crippen molar-refractivity contribution in [3.05, 3.63) is 76.9 Å². The summed E-state index contributed by atoms with van der Waals surface area (Å²) in [6.45, 7) is 1.37. The van der Waals surface area contributed by atoms with Crippen LogP contribution in [0.5, 0.6) is 0 Å². The first kappa shape index (κ1) is 19.6. The van der Waals surface area contributed by atoms with Crippen molar-refractivity contribution < 1.29 is 4.79 Å². The van der Waals surface area contributed by atoms with Crippen molar-refractivity contribution in [2.75, 3.05) is 6.54 Å². The molecule has 1 amide bonds. The van der Waals surface area contributed by atoms with Gasteiger partial charge < -0.3 is 14.5 Å². The lowest BCUT2D eigenvalue weighted by molar-refractivity contribution is 0.0945. The maximum Gasteiger partial charge on any atom is 0.268 e. The monoisotopic (exact) mass is 426 g/mol. The van der Waals surface area contributed by atoms with Crippen molar-refractivity contribution in [2.24, 2.45) is 7.05 Å². The Labute approximate surface area is 178 Å². The van der Waals surface area contributed by atoms with Gasteiger partial charge in [-0.15, -0.1) is 0 Å². The summed E-state index contributed by atoms with van der Waals surface area (Å²) >= 11 is 12.3. The Morgan fingerprint density at radius 1 is 1.10 bits per heavy atom. The van der Waals surface area contributed by atoms with Crippen LogP contribution in [0.2, 0.25) is 10.0 Å². The topological polar surface area (TPSA) is 51.9 Å². The highest BCUT2D eigenvalue weighted by Gasteiger charge is 2.22. The van der Waals surface area contributed by atoms with Crippen molar-refractivity contribution in [1.29, 1.82) is 0 Å². The van der Waals surface area contributed by atoms with Crippen LogP contribution in [0, 0.1) is 0 Å². The molecular weight excluding hydrogens is 407 g/mol. The van der Waals surface area contributed by atoms with E-state index in [0.29, 0.717) is 22.3 Å². The highest BCUT2D eigenvalue weighted by Crippen LogP contribution is 2.36. The molecule has 29 heavy (non-hydrogen) atoms. The summed E-state index contributed by atoms with van der Waals surface area (Å²) in [4.78, 5) is 17.2. The molecule has 0 aliphatic carbocycles. The molecule has 5 nitrogen and oxygen atoms in total. The molecule has 0 spiro atoms. The van der Waals surface area contributed by atoms with E-state index < -0.39 is 0 Å². The lowest BCUT2D eigenvalue weighted by Gasteiger charge is -2.10. The Bertz CT molecular complexity index is 1150. The second-order valence-electron chi connectivity index (χ2n) is 6.86. The molecule has 4 rings (SSSR count). The minimum Gasteiger partial charge on any atom is -0.351 e. The molecular formula is C22H20Cl2N4O. The molecule has 0 atom stereocenters. The number of fused-ring (bicyclic) bond motifs is 1. The molecule has 0 aliphatic rings. The average molecular weight is 427 g/mol. The van der Waals surface area contributed by atoms with E-state index in [1.165, 1.54) is 0 Å². The molecule has 0 radical (unpaired) electrons. The molecule has 1 N–H and O–H groups in total. The minimum atomic E-state index is -0.115. The van der Waals surface area contributed by atoms with Gasteiger partial charge in [0.2, 0.25) is 0 Å². The van der Waals surface area contributed by atoms with Gasteiger partial charge in [-0.1, -0.05) is 35.3 Å². The number of imidazole rings is 1. The molecule has 148 valence electrons. The molecule has 0 saturated carbocycles. The van der Waals surface area contributed by atoms with E-state index in [1.54, 1.807) is 12.5 Å². The highest BCUT2D eigenvalue weighted by atomic mass is 35.5. The number of nitrogens with zero attached hydrogens (tertiary/aromatic N) is 3. The van der Waals surface area contributed by atoms with E-state index in [9.17, 15) is 4.79 Å². The summed E-state index contributed by atoms with van der Waals surface area (Å²) in [5.74, 6) is -0.115. The molecule has 0 bridgehead atoms. The zero-order valence-corrected chi connectivity index (χ0v) is 17.4. The first-order valence-electron chi connectivity index (χ1n) is 9.32. The maximum atomic E-state index is 13.1. The van der Waals surface area contributed by atoms with Crippen molar-refractivity contribution in [3.8, 4) is 11.1 Å². The van der Waals surface area contributed by atoms with Crippen LogP contribution >= 0.6 is 23.2 Å². The third-order valence-electron chi connectivity index (χ3n) is 4.95. The van der Waals surface area contributed by atoms with Crippen LogP contribution in [0.3, 0.4) is 0 Å². The number of hydrogen-bond acceptors (Lipinski definition) is 2. The van der Waals surface area contributed by atoms with Crippen LogP contribution in [0.1, 0.15) is 16.9 Å². The lowest BCUT2D eigenvalue weighted by atomic mass is 10.0. The van der Waals surface area contributed by atoms with Gasteiger partial charge in [-0.25, -0.2) is 4.98 Å². The number of benzene rings is 2. The predicted molar refractivity (Wildman–Crippen MR) is 118 cm³/mol. The number of carbonyl (C=O) groups excluding carboxylic acids is 1. The van der Waals surface area contributed by atoms with Crippen molar-refractivity contribution in [3.63, 3.8) is 0 Å². The number of hydrogen-bond donors (Lipinski definition) is 1. The van der Waals surface area contributed by atoms with E-state index in [0.717, 1.165) is 35.0 Å². The van der Waals surface area contributed by atoms with Gasteiger partial charge in [-0.2, -0.15) is 0 Å². The Hall–Kier alpha value is -2.76. The van der Waals surface area contributed by atoms with E-state index in [1.807, 2.05) is 64.8 Å². The molecule has 2 heterocycles. The van der Waals surface area contributed by atoms with E-state index in [4.69, 9.17) is 23.2 Å². The van der Waals surface area contributed by atoms with Crippen molar-refractivity contribution in [2.45, 2.75) is 13.0 Å². The summed E-state index contributed by atoms with van der Waals surface area (Å²) < 4.78 is 3.91. The van der Waals surface area contributed by atoms with Gasteiger partial charge in [0.25, 0.3) is 5.91 Å². The van der Waals surface area contributed by atoms with Crippen LogP contribution in [0.15, 0.2) is 61.2 Å². The van der Waals surface area contributed by atoms with Gasteiger partial charge in [-0.3, -0.25) is 4.79 Å². The SMILES string of the molecule is Cn1c(C(=O)NCCCn2ccnc2)c(-c2ccc(Cl)cc2)c2cc(Cl)ccc21. The fraction of sp³-hybridized carbons (Fsp3) is 0.182. The number of carbonyl (C=O) groups is 1. The van der Waals surface area contributed by atoms with Crippen LogP contribution in [-0.2, 0) is 13.6 Å². The smallest absolute Gasteiger partial charge is 0.268 e. The number of aromatic nitrogens is 3. The summed E-state index contributed by atoms with van der Waals surface area (Å²) in [5.41, 5.74) is 3.33. The molecule has 7 heteroatoms. The zero-order valence-electron chi connectivity index (χ0n) is 15.9. The Morgan fingerprint density at radius 3 is 2.59 bits per heavy atom. The predicted octanol–water partition coefficient (Wildman–Crippen LogP) is 5.17. The maximum absolute atomic E-state index is 13.1. The molecule has 0 saturated heterocycles. The number of nitrogens with one attached hydrogen (secondary N) is 1. The molecule has 2 aromatic heterocycles. The number of rotatable bonds is 6. The van der Waals surface area contributed by atoms with Crippen LogP contribution < -0.4 is 5.32 Å². The normalized spacial score (nSPS) is 11.1. The fourth-order valence-corrected chi connectivity index (χ4v) is 3.86. The van der Waals surface area contributed by atoms with Gasteiger partial charge in [0.1, 0.15) is 5.69 Å². The van der Waals surface area contributed by atoms with Crippen LogP contribution in [-0.4, -0.2) is 26.6 Å². The van der Waals surface area contributed by atoms with E-state index in [2.05, 4.69) is 10.3 Å². The average Bonchev–Trinajstić information content (AvgIpc) is 3.32. The number of halogens is 2. The van der Waals surface area contributed by atoms with Gasteiger partial charge in [-0.05, 0) is 42.3 Å². The van der Waals surface area contributed by atoms with Gasteiger partial charge in [0.05, 0.1) is 6.33 Å². The molecule has 0 aliphatic heterocycles. The standard InChI is InChI=1S/C22H20Cl2N4O/c1-27-19-8-7-17(24)13-18(19)20(15-3-5-16(23)6-4-15)21(27)22(29)26-9-2-11-28-12-10-25-14-28/h3-8,10,12-14H,2,9,11H2,1H3,(H,26,29).